The monoisotopic (exact) mass is 249 g/mol. The zero-order valence-corrected chi connectivity index (χ0v) is 11.8. The second-order valence-electron chi connectivity index (χ2n) is 6.19. The van der Waals surface area contributed by atoms with Crippen LogP contribution in [-0.4, -0.2) is 24.3 Å². The van der Waals surface area contributed by atoms with Gasteiger partial charge in [0.1, 0.15) is 17.3 Å². The molecule has 0 spiro atoms. The second-order valence-corrected chi connectivity index (χ2v) is 6.19. The molecule has 1 fully saturated rings. The summed E-state index contributed by atoms with van der Waals surface area (Å²) in [5.41, 5.74) is -0.118. The van der Waals surface area contributed by atoms with E-state index in [1.54, 1.807) is 0 Å². The Morgan fingerprint density at radius 2 is 2.17 bits per heavy atom. The highest BCUT2D eigenvalue weighted by molar-refractivity contribution is 5.88. The molecule has 3 heteroatoms. The summed E-state index contributed by atoms with van der Waals surface area (Å²) in [6, 6.07) is 3.99. The van der Waals surface area contributed by atoms with Crippen molar-refractivity contribution in [1.29, 1.82) is 0 Å². The molecule has 0 saturated heterocycles. The highest BCUT2D eigenvalue weighted by Gasteiger charge is 2.40. The van der Waals surface area contributed by atoms with Gasteiger partial charge in [0.2, 0.25) is 0 Å². The molecule has 1 aromatic heterocycles. The molecule has 1 saturated carbocycles. The van der Waals surface area contributed by atoms with Gasteiger partial charge in [-0.05, 0) is 38.9 Å². The molecule has 0 N–H and O–H groups in total. The normalized spacial score (nSPS) is 22.9. The smallest absolute Gasteiger partial charge is 0.142 e. The van der Waals surface area contributed by atoms with Crippen molar-refractivity contribution in [3.8, 4) is 0 Å². The van der Waals surface area contributed by atoms with Gasteiger partial charge in [0, 0.05) is 17.9 Å². The third-order valence-electron chi connectivity index (χ3n) is 3.91. The zero-order valence-electron chi connectivity index (χ0n) is 11.8. The van der Waals surface area contributed by atoms with E-state index in [-0.39, 0.29) is 11.3 Å². The minimum Gasteiger partial charge on any atom is -0.465 e. The number of carbonyl (C=O) groups is 1. The molecule has 2 rings (SSSR count). The molecule has 0 amide bonds. The van der Waals surface area contributed by atoms with Gasteiger partial charge < -0.3 is 4.42 Å². The highest BCUT2D eigenvalue weighted by Crippen LogP contribution is 2.37. The molecule has 0 aliphatic heterocycles. The van der Waals surface area contributed by atoms with Crippen LogP contribution in [0.1, 0.15) is 38.2 Å². The van der Waals surface area contributed by atoms with Crippen molar-refractivity contribution in [3.63, 3.8) is 0 Å². The van der Waals surface area contributed by atoms with E-state index in [1.165, 1.54) is 0 Å². The number of rotatable bonds is 4. The first-order chi connectivity index (χ1) is 8.38. The third-order valence-corrected chi connectivity index (χ3v) is 3.91. The lowest BCUT2D eigenvalue weighted by molar-refractivity contribution is -0.127. The molecule has 0 radical (unpaired) electrons. The van der Waals surface area contributed by atoms with Gasteiger partial charge in [-0.25, -0.2) is 0 Å². The van der Waals surface area contributed by atoms with E-state index in [4.69, 9.17) is 4.42 Å². The molecule has 0 bridgehead atoms. The summed E-state index contributed by atoms with van der Waals surface area (Å²) >= 11 is 0. The quantitative estimate of drug-likeness (QED) is 0.822. The molecule has 1 heterocycles. The van der Waals surface area contributed by atoms with E-state index in [0.29, 0.717) is 5.78 Å². The number of carbonyl (C=O) groups excluding carboxylic acids is 1. The fourth-order valence-corrected chi connectivity index (χ4v) is 2.79. The number of ketones is 1. The second kappa shape index (κ2) is 4.88. The van der Waals surface area contributed by atoms with Crippen LogP contribution in [0, 0.1) is 18.3 Å². The molecule has 1 aliphatic carbocycles. The maximum absolute atomic E-state index is 12.2. The lowest BCUT2D eigenvalue weighted by atomic mass is 9.89. The standard InChI is InChI=1S/C15H23NO2/c1-11-5-6-13(18-11)10-16(4)9-12-7-8-15(2,3)14(12)17/h5-6,12H,7-10H2,1-4H3. The van der Waals surface area contributed by atoms with Crippen molar-refractivity contribution in [1.82, 2.24) is 4.90 Å². The number of nitrogens with zero attached hydrogens (tertiary/aromatic N) is 1. The molecule has 1 aliphatic rings. The topological polar surface area (TPSA) is 33.5 Å². The SMILES string of the molecule is Cc1ccc(CN(C)CC2CCC(C)(C)C2=O)o1. The minimum absolute atomic E-state index is 0.118. The van der Waals surface area contributed by atoms with Crippen LogP contribution in [0.5, 0.6) is 0 Å². The molecule has 100 valence electrons. The Morgan fingerprint density at radius 3 is 2.67 bits per heavy atom. The van der Waals surface area contributed by atoms with E-state index in [1.807, 2.05) is 19.1 Å². The summed E-state index contributed by atoms with van der Waals surface area (Å²) in [4.78, 5) is 14.4. The maximum Gasteiger partial charge on any atom is 0.142 e. The Balaban J connectivity index is 1.89. The largest absolute Gasteiger partial charge is 0.465 e. The fourth-order valence-electron chi connectivity index (χ4n) is 2.79. The van der Waals surface area contributed by atoms with Crippen LogP contribution < -0.4 is 0 Å². The zero-order chi connectivity index (χ0) is 13.3. The summed E-state index contributed by atoms with van der Waals surface area (Å²) in [7, 11) is 2.05. The number of aryl methyl sites for hydroxylation is 1. The predicted molar refractivity (Wildman–Crippen MR) is 71.3 cm³/mol. The number of Topliss-reactive ketones (excluding diaryl/α,β-unsaturated/α-hetero) is 1. The van der Waals surface area contributed by atoms with Crippen molar-refractivity contribution < 1.29 is 9.21 Å². The maximum atomic E-state index is 12.2. The first-order valence-electron chi connectivity index (χ1n) is 6.67. The van der Waals surface area contributed by atoms with Crippen molar-refractivity contribution in [3.05, 3.63) is 23.7 Å². The van der Waals surface area contributed by atoms with Crippen molar-refractivity contribution >= 4 is 5.78 Å². The van der Waals surface area contributed by atoms with E-state index in [2.05, 4.69) is 25.8 Å². The first kappa shape index (κ1) is 13.3. The number of hydrogen-bond acceptors (Lipinski definition) is 3. The van der Waals surface area contributed by atoms with Gasteiger partial charge in [0.05, 0.1) is 6.54 Å². The van der Waals surface area contributed by atoms with Crippen LogP contribution in [0.15, 0.2) is 16.5 Å². The summed E-state index contributed by atoms with van der Waals surface area (Å²) in [5.74, 6) is 2.53. The molecule has 1 unspecified atom stereocenters. The highest BCUT2D eigenvalue weighted by atomic mass is 16.3. The first-order valence-corrected chi connectivity index (χ1v) is 6.67. The predicted octanol–water partition coefficient (Wildman–Crippen LogP) is 3.03. The van der Waals surface area contributed by atoms with E-state index in [0.717, 1.165) is 37.5 Å². The van der Waals surface area contributed by atoms with Crippen LogP contribution >= 0.6 is 0 Å². The summed E-state index contributed by atoms with van der Waals surface area (Å²) in [6.07, 6.45) is 2.04. The number of furan rings is 1. The van der Waals surface area contributed by atoms with Crippen LogP contribution in [-0.2, 0) is 11.3 Å². The van der Waals surface area contributed by atoms with Crippen LogP contribution in [0.3, 0.4) is 0 Å². The van der Waals surface area contributed by atoms with Gasteiger partial charge in [-0.3, -0.25) is 9.69 Å². The summed E-state index contributed by atoms with van der Waals surface area (Å²) < 4.78 is 5.56. The Hall–Kier alpha value is -1.09. The molecule has 18 heavy (non-hydrogen) atoms. The molecule has 3 nitrogen and oxygen atoms in total. The summed E-state index contributed by atoms with van der Waals surface area (Å²) in [6.45, 7) is 7.68. The lowest BCUT2D eigenvalue weighted by Gasteiger charge is -2.21. The van der Waals surface area contributed by atoms with E-state index in [9.17, 15) is 4.79 Å². The van der Waals surface area contributed by atoms with Gasteiger partial charge >= 0.3 is 0 Å². The minimum atomic E-state index is -0.118. The van der Waals surface area contributed by atoms with Gasteiger partial charge in [0.15, 0.2) is 0 Å². The fraction of sp³-hybridized carbons (Fsp3) is 0.667. The van der Waals surface area contributed by atoms with Crippen molar-refractivity contribution in [2.24, 2.45) is 11.3 Å². The molecular formula is C15H23NO2. The van der Waals surface area contributed by atoms with Crippen LogP contribution in [0.2, 0.25) is 0 Å². The van der Waals surface area contributed by atoms with E-state index < -0.39 is 0 Å². The lowest BCUT2D eigenvalue weighted by Crippen LogP contribution is -2.31. The Morgan fingerprint density at radius 1 is 1.44 bits per heavy atom. The Kier molecular flexibility index (Phi) is 3.62. The molecule has 0 aromatic carbocycles. The van der Waals surface area contributed by atoms with E-state index >= 15 is 0 Å². The molecule has 1 atom stereocenters. The van der Waals surface area contributed by atoms with Crippen LogP contribution in [0.4, 0.5) is 0 Å². The molecule has 1 aromatic rings. The Labute approximate surface area is 109 Å². The average Bonchev–Trinajstić information content (AvgIpc) is 2.78. The van der Waals surface area contributed by atoms with Crippen molar-refractivity contribution in [2.45, 2.75) is 40.2 Å². The molecular weight excluding hydrogens is 226 g/mol. The van der Waals surface area contributed by atoms with Gasteiger partial charge in [-0.2, -0.15) is 0 Å². The van der Waals surface area contributed by atoms with Crippen LogP contribution in [0.25, 0.3) is 0 Å². The van der Waals surface area contributed by atoms with Gasteiger partial charge in [-0.1, -0.05) is 13.8 Å². The Bertz CT molecular complexity index is 433. The third kappa shape index (κ3) is 2.83. The van der Waals surface area contributed by atoms with Crippen molar-refractivity contribution in [2.75, 3.05) is 13.6 Å². The van der Waals surface area contributed by atoms with Gasteiger partial charge in [0.25, 0.3) is 0 Å². The number of hydrogen-bond donors (Lipinski definition) is 0. The average molecular weight is 249 g/mol. The summed E-state index contributed by atoms with van der Waals surface area (Å²) in [5, 5.41) is 0. The van der Waals surface area contributed by atoms with Gasteiger partial charge in [-0.15, -0.1) is 0 Å².